The Morgan fingerprint density at radius 1 is 1.07 bits per heavy atom. The van der Waals surface area contributed by atoms with Crippen molar-refractivity contribution >= 4 is 35.1 Å². The van der Waals surface area contributed by atoms with E-state index in [4.69, 9.17) is 32.7 Å². The second kappa shape index (κ2) is 10.2. The zero-order valence-electron chi connectivity index (χ0n) is 15.1. The molecular formula is C20H21Cl2NO4. The van der Waals surface area contributed by atoms with Crippen LogP contribution in [0.4, 0.5) is 0 Å². The number of nitrogens with one attached hydrogen (secondary N) is 1. The lowest BCUT2D eigenvalue weighted by atomic mass is 10.1. The van der Waals surface area contributed by atoms with E-state index in [1.54, 1.807) is 25.3 Å². The molecule has 1 atom stereocenters. The molecule has 0 saturated heterocycles. The van der Waals surface area contributed by atoms with Gasteiger partial charge in [-0.15, -0.1) is 0 Å². The van der Waals surface area contributed by atoms with Crippen LogP contribution in [0, 0.1) is 0 Å². The molecular weight excluding hydrogens is 389 g/mol. The second-order valence-electron chi connectivity index (χ2n) is 5.97. The second-order valence-corrected chi connectivity index (χ2v) is 6.79. The number of ether oxygens (including phenoxy) is 2. The van der Waals surface area contributed by atoms with Crippen molar-refractivity contribution < 1.29 is 19.1 Å². The van der Waals surface area contributed by atoms with Crippen LogP contribution in [0.5, 0.6) is 5.75 Å². The van der Waals surface area contributed by atoms with E-state index in [0.717, 1.165) is 16.9 Å². The smallest absolute Gasteiger partial charge is 0.306 e. The van der Waals surface area contributed by atoms with Gasteiger partial charge in [0, 0.05) is 6.42 Å². The summed E-state index contributed by atoms with van der Waals surface area (Å²) in [6.45, 7) is 1.48. The Hall–Kier alpha value is -2.24. The molecule has 5 nitrogen and oxygen atoms in total. The first-order valence-corrected chi connectivity index (χ1v) is 9.17. The van der Waals surface area contributed by atoms with Crippen LogP contribution in [0.2, 0.25) is 10.0 Å². The van der Waals surface area contributed by atoms with E-state index >= 15 is 0 Å². The third-order valence-corrected chi connectivity index (χ3v) is 4.70. The fourth-order valence-electron chi connectivity index (χ4n) is 2.41. The molecule has 27 heavy (non-hydrogen) atoms. The summed E-state index contributed by atoms with van der Waals surface area (Å²) >= 11 is 11.9. The van der Waals surface area contributed by atoms with Crippen LogP contribution in [-0.2, 0) is 20.7 Å². The lowest BCUT2D eigenvalue weighted by Gasteiger charge is -2.15. The maximum absolute atomic E-state index is 12.0. The molecule has 0 spiro atoms. The summed E-state index contributed by atoms with van der Waals surface area (Å²) < 4.78 is 10.1. The zero-order valence-corrected chi connectivity index (χ0v) is 16.6. The topological polar surface area (TPSA) is 64.6 Å². The minimum atomic E-state index is -0.428. The van der Waals surface area contributed by atoms with E-state index in [1.807, 2.05) is 31.2 Å². The fourth-order valence-corrected chi connectivity index (χ4v) is 2.71. The number of methoxy groups -OCH3 is 1. The fraction of sp³-hybridized carbons (Fsp3) is 0.300. The van der Waals surface area contributed by atoms with E-state index in [-0.39, 0.29) is 25.0 Å². The van der Waals surface area contributed by atoms with Gasteiger partial charge in [-0.1, -0.05) is 41.4 Å². The summed E-state index contributed by atoms with van der Waals surface area (Å²) in [5, 5.41) is 3.62. The third-order valence-electron chi connectivity index (χ3n) is 3.96. The number of benzene rings is 2. The SMILES string of the molecule is COc1ccc(CCC(=O)OCC(=O)N[C@H](C)c2ccc(Cl)c(Cl)c2)cc1. The Kier molecular flexibility index (Phi) is 7.95. The quantitative estimate of drug-likeness (QED) is 0.657. The van der Waals surface area contributed by atoms with E-state index in [0.29, 0.717) is 16.5 Å². The van der Waals surface area contributed by atoms with E-state index < -0.39 is 5.97 Å². The summed E-state index contributed by atoms with van der Waals surface area (Å²) in [4.78, 5) is 23.8. The van der Waals surface area contributed by atoms with Crippen LogP contribution in [0.1, 0.15) is 30.5 Å². The Balaban J connectivity index is 1.73. The minimum absolute atomic E-state index is 0.196. The van der Waals surface area contributed by atoms with Crippen LogP contribution in [-0.4, -0.2) is 25.6 Å². The molecule has 0 fully saturated rings. The molecule has 0 aliphatic rings. The highest BCUT2D eigenvalue weighted by atomic mass is 35.5. The van der Waals surface area contributed by atoms with Gasteiger partial charge in [-0.25, -0.2) is 0 Å². The summed E-state index contributed by atoms with van der Waals surface area (Å²) in [7, 11) is 1.60. The van der Waals surface area contributed by atoms with Crippen molar-refractivity contribution in [2.24, 2.45) is 0 Å². The van der Waals surface area contributed by atoms with Gasteiger partial charge in [0.05, 0.1) is 23.2 Å². The number of amides is 1. The molecule has 0 aliphatic carbocycles. The standard InChI is InChI=1S/C20H21Cl2NO4/c1-13(15-6-9-17(21)18(22)11-15)23-19(24)12-27-20(25)10-5-14-3-7-16(26-2)8-4-14/h3-4,6-9,11,13H,5,10,12H2,1-2H3,(H,23,24)/t13-/m1/s1. The van der Waals surface area contributed by atoms with Gasteiger partial charge in [-0.3, -0.25) is 9.59 Å². The van der Waals surface area contributed by atoms with Crippen molar-refractivity contribution in [2.45, 2.75) is 25.8 Å². The lowest BCUT2D eigenvalue weighted by molar-refractivity contribution is -0.148. The first-order valence-electron chi connectivity index (χ1n) is 8.42. The molecule has 7 heteroatoms. The van der Waals surface area contributed by atoms with E-state index in [2.05, 4.69) is 5.32 Å². The van der Waals surface area contributed by atoms with Crippen molar-refractivity contribution in [3.63, 3.8) is 0 Å². The number of halogens is 2. The predicted molar refractivity (Wildman–Crippen MR) is 105 cm³/mol. The number of rotatable bonds is 8. The van der Waals surface area contributed by atoms with Crippen LogP contribution in [0.15, 0.2) is 42.5 Å². The number of hydrogen-bond donors (Lipinski definition) is 1. The highest BCUT2D eigenvalue weighted by molar-refractivity contribution is 6.42. The van der Waals surface area contributed by atoms with Gasteiger partial charge in [0.1, 0.15) is 5.75 Å². The number of aryl methyl sites for hydroxylation is 1. The Morgan fingerprint density at radius 2 is 1.78 bits per heavy atom. The molecule has 2 aromatic rings. The van der Waals surface area contributed by atoms with Crippen molar-refractivity contribution in [2.75, 3.05) is 13.7 Å². The number of hydrogen-bond acceptors (Lipinski definition) is 4. The van der Waals surface area contributed by atoms with Crippen molar-refractivity contribution in [3.8, 4) is 5.75 Å². The predicted octanol–water partition coefficient (Wildman–Crippen LogP) is 4.36. The van der Waals surface area contributed by atoms with Gasteiger partial charge in [0.15, 0.2) is 6.61 Å². The Bertz CT molecular complexity index is 793. The summed E-state index contributed by atoms with van der Waals surface area (Å²) in [5.41, 5.74) is 1.80. The molecule has 0 bridgehead atoms. The van der Waals surface area contributed by atoms with Gasteiger partial charge in [-0.05, 0) is 48.7 Å². The summed E-state index contributed by atoms with van der Waals surface area (Å²) in [5.74, 6) is -0.0522. The molecule has 144 valence electrons. The molecule has 0 heterocycles. The molecule has 0 radical (unpaired) electrons. The molecule has 0 saturated carbocycles. The van der Waals surface area contributed by atoms with Gasteiger partial charge in [0.25, 0.3) is 5.91 Å². The average Bonchev–Trinajstić information content (AvgIpc) is 2.67. The maximum atomic E-state index is 12.0. The molecule has 1 amide bonds. The highest BCUT2D eigenvalue weighted by Gasteiger charge is 2.13. The maximum Gasteiger partial charge on any atom is 0.306 e. The van der Waals surface area contributed by atoms with Gasteiger partial charge < -0.3 is 14.8 Å². The summed E-state index contributed by atoms with van der Waals surface area (Å²) in [6.07, 6.45) is 0.728. The van der Waals surface area contributed by atoms with Crippen molar-refractivity contribution in [1.29, 1.82) is 0 Å². The van der Waals surface area contributed by atoms with E-state index in [9.17, 15) is 9.59 Å². The third kappa shape index (κ3) is 6.77. The molecule has 0 unspecified atom stereocenters. The summed E-state index contributed by atoms with van der Waals surface area (Å²) in [6, 6.07) is 12.3. The zero-order chi connectivity index (χ0) is 19.8. The highest BCUT2D eigenvalue weighted by Crippen LogP contribution is 2.25. The first-order chi connectivity index (χ1) is 12.9. The van der Waals surface area contributed by atoms with Crippen LogP contribution in [0.25, 0.3) is 0 Å². The molecule has 1 N–H and O–H groups in total. The van der Waals surface area contributed by atoms with Crippen molar-refractivity contribution in [1.82, 2.24) is 5.32 Å². The van der Waals surface area contributed by atoms with Gasteiger partial charge in [-0.2, -0.15) is 0 Å². The van der Waals surface area contributed by atoms with Crippen LogP contribution < -0.4 is 10.1 Å². The van der Waals surface area contributed by atoms with E-state index in [1.165, 1.54) is 0 Å². The van der Waals surface area contributed by atoms with Crippen LogP contribution in [0.3, 0.4) is 0 Å². The van der Waals surface area contributed by atoms with Crippen LogP contribution >= 0.6 is 23.2 Å². The minimum Gasteiger partial charge on any atom is -0.497 e. The van der Waals surface area contributed by atoms with Gasteiger partial charge >= 0.3 is 5.97 Å². The van der Waals surface area contributed by atoms with Gasteiger partial charge in [0.2, 0.25) is 0 Å². The molecule has 2 aromatic carbocycles. The molecule has 0 aliphatic heterocycles. The lowest BCUT2D eigenvalue weighted by Crippen LogP contribution is -2.31. The average molecular weight is 410 g/mol. The largest absolute Gasteiger partial charge is 0.497 e. The molecule has 2 rings (SSSR count). The first kappa shape index (κ1) is 21.1. The normalized spacial score (nSPS) is 11.6. The Morgan fingerprint density at radius 3 is 2.41 bits per heavy atom. The number of carbonyl (C=O) groups is 2. The monoisotopic (exact) mass is 409 g/mol. The Labute approximate surface area is 168 Å². The molecule has 0 aromatic heterocycles. The van der Waals surface area contributed by atoms with Crippen molar-refractivity contribution in [3.05, 3.63) is 63.6 Å². The number of carbonyl (C=O) groups excluding carboxylic acids is 2. The number of esters is 1.